The monoisotopic (exact) mass is 276 g/mol. The molecule has 1 fully saturated rings. The van der Waals surface area contributed by atoms with Crippen molar-refractivity contribution >= 4 is 17.3 Å². The topological polar surface area (TPSA) is 64.3 Å². The Morgan fingerprint density at radius 3 is 2.80 bits per heavy atom. The second-order valence-electron chi connectivity index (χ2n) is 5.66. The van der Waals surface area contributed by atoms with Gasteiger partial charge in [-0.3, -0.25) is 0 Å². The molecule has 110 valence electrons. The van der Waals surface area contributed by atoms with Gasteiger partial charge in [-0.25, -0.2) is 4.79 Å². The highest BCUT2D eigenvalue weighted by atomic mass is 16.5. The first-order valence-electron chi connectivity index (χ1n) is 7.36. The predicted molar refractivity (Wildman–Crippen MR) is 81.9 cm³/mol. The maximum absolute atomic E-state index is 11.6. The minimum Gasteiger partial charge on any atom is -0.465 e. The first-order chi connectivity index (χ1) is 9.61. The highest BCUT2D eigenvalue weighted by Crippen LogP contribution is 2.28. The zero-order valence-corrected chi connectivity index (χ0v) is 12.3. The van der Waals surface area contributed by atoms with Crippen molar-refractivity contribution in [1.29, 1.82) is 0 Å². The Bertz CT molecular complexity index is 474. The number of nitrogen functional groups attached to an aromatic ring is 1. The summed E-state index contributed by atoms with van der Waals surface area (Å²) < 4.78 is 4.75. The average Bonchev–Trinajstić information content (AvgIpc) is 2.65. The van der Waals surface area contributed by atoms with Gasteiger partial charge < -0.3 is 15.8 Å². The molecule has 2 unspecified atom stereocenters. The minimum absolute atomic E-state index is 0.332. The molecular weight excluding hydrogens is 252 g/mol. The summed E-state index contributed by atoms with van der Waals surface area (Å²) in [6, 6.07) is 5.67. The maximum atomic E-state index is 11.6. The SMILES string of the molecule is COC(=O)c1ccc(N)c(NC2CCCCCC2C)c1. The van der Waals surface area contributed by atoms with Crippen LogP contribution in [0.1, 0.15) is 49.4 Å². The van der Waals surface area contributed by atoms with E-state index in [-0.39, 0.29) is 5.97 Å². The molecule has 0 amide bonds. The molecule has 2 atom stereocenters. The molecule has 4 heteroatoms. The summed E-state index contributed by atoms with van der Waals surface area (Å²) in [5, 5.41) is 3.53. The van der Waals surface area contributed by atoms with Gasteiger partial charge in [0.1, 0.15) is 0 Å². The number of rotatable bonds is 3. The molecule has 0 saturated heterocycles. The average molecular weight is 276 g/mol. The van der Waals surface area contributed by atoms with E-state index in [1.807, 2.05) is 0 Å². The van der Waals surface area contributed by atoms with Crippen molar-refractivity contribution in [2.24, 2.45) is 5.92 Å². The highest BCUT2D eigenvalue weighted by molar-refractivity contribution is 5.92. The van der Waals surface area contributed by atoms with Gasteiger partial charge in [-0.15, -0.1) is 0 Å². The van der Waals surface area contributed by atoms with Gasteiger partial charge in [0.15, 0.2) is 0 Å². The van der Waals surface area contributed by atoms with Crippen LogP contribution < -0.4 is 11.1 Å². The molecule has 1 aromatic carbocycles. The van der Waals surface area contributed by atoms with Gasteiger partial charge in [0.2, 0.25) is 0 Å². The molecule has 1 aliphatic carbocycles. The van der Waals surface area contributed by atoms with Gasteiger partial charge in [-0.2, -0.15) is 0 Å². The Hall–Kier alpha value is -1.71. The van der Waals surface area contributed by atoms with E-state index < -0.39 is 0 Å². The Morgan fingerprint density at radius 1 is 1.30 bits per heavy atom. The summed E-state index contributed by atoms with van der Waals surface area (Å²) in [6.45, 7) is 2.28. The van der Waals surface area contributed by atoms with Gasteiger partial charge >= 0.3 is 5.97 Å². The molecule has 0 radical (unpaired) electrons. The Kier molecular flexibility index (Phi) is 4.88. The van der Waals surface area contributed by atoms with Gasteiger partial charge in [0.05, 0.1) is 24.0 Å². The number of carbonyl (C=O) groups excluding carboxylic acids is 1. The van der Waals surface area contributed by atoms with Crippen LogP contribution in [0.3, 0.4) is 0 Å². The predicted octanol–water partition coefficient (Wildman–Crippen LogP) is 3.44. The number of anilines is 2. The van der Waals surface area contributed by atoms with Gasteiger partial charge in [0, 0.05) is 6.04 Å². The lowest BCUT2D eigenvalue weighted by Crippen LogP contribution is -2.26. The molecule has 0 aliphatic heterocycles. The summed E-state index contributed by atoms with van der Waals surface area (Å²) in [6.07, 6.45) is 6.26. The van der Waals surface area contributed by atoms with E-state index in [2.05, 4.69) is 12.2 Å². The van der Waals surface area contributed by atoms with E-state index in [1.165, 1.54) is 32.8 Å². The summed E-state index contributed by atoms with van der Waals surface area (Å²) in [5.74, 6) is 0.292. The van der Waals surface area contributed by atoms with E-state index in [0.29, 0.717) is 23.2 Å². The Morgan fingerprint density at radius 2 is 2.05 bits per heavy atom. The Balaban J connectivity index is 2.16. The molecule has 20 heavy (non-hydrogen) atoms. The molecule has 4 nitrogen and oxygen atoms in total. The molecule has 3 N–H and O–H groups in total. The van der Waals surface area contributed by atoms with Crippen LogP contribution in [0.25, 0.3) is 0 Å². The third kappa shape index (κ3) is 3.44. The number of nitrogens with two attached hydrogens (primary N) is 1. The fourth-order valence-corrected chi connectivity index (χ4v) is 2.83. The van der Waals surface area contributed by atoms with Crippen LogP contribution in [0, 0.1) is 5.92 Å². The van der Waals surface area contributed by atoms with Crippen LogP contribution in [0.5, 0.6) is 0 Å². The van der Waals surface area contributed by atoms with E-state index >= 15 is 0 Å². The number of hydrogen-bond donors (Lipinski definition) is 2. The molecule has 0 aromatic heterocycles. The Labute approximate surface area is 120 Å². The summed E-state index contributed by atoms with van der Waals surface area (Å²) in [4.78, 5) is 11.6. The summed E-state index contributed by atoms with van der Waals surface area (Å²) in [7, 11) is 1.39. The number of ether oxygens (including phenoxy) is 1. The standard InChI is InChI=1S/C16H24N2O2/c1-11-6-4-3-5-7-14(11)18-15-10-12(16(19)20-2)8-9-13(15)17/h8-11,14,18H,3-7,17H2,1-2H3. The third-order valence-corrected chi connectivity index (χ3v) is 4.18. The van der Waals surface area contributed by atoms with Crippen molar-refractivity contribution < 1.29 is 9.53 Å². The number of carbonyl (C=O) groups is 1. The smallest absolute Gasteiger partial charge is 0.337 e. The molecule has 0 bridgehead atoms. The van der Waals surface area contributed by atoms with Crippen LogP contribution in [0.2, 0.25) is 0 Å². The first-order valence-corrected chi connectivity index (χ1v) is 7.36. The van der Waals surface area contributed by atoms with Crippen molar-refractivity contribution in [2.75, 3.05) is 18.2 Å². The molecule has 1 aliphatic rings. The molecule has 1 saturated carbocycles. The van der Waals surface area contributed by atoms with Crippen molar-refractivity contribution in [2.45, 2.75) is 45.1 Å². The van der Waals surface area contributed by atoms with Crippen molar-refractivity contribution in [3.8, 4) is 0 Å². The van der Waals surface area contributed by atoms with E-state index in [4.69, 9.17) is 10.5 Å². The highest BCUT2D eigenvalue weighted by Gasteiger charge is 2.20. The van der Waals surface area contributed by atoms with Gasteiger partial charge in [-0.1, -0.05) is 26.2 Å². The quantitative estimate of drug-likeness (QED) is 0.504. The van der Waals surface area contributed by atoms with Gasteiger partial charge in [-0.05, 0) is 37.0 Å². The zero-order valence-electron chi connectivity index (χ0n) is 12.3. The molecular formula is C16H24N2O2. The normalized spacial score (nSPS) is 22.9. The van der Waals surface area contributed by atoms with E-state index in [9.17, 15) is 4.79 Å². The lowest BCUT2D eigenvalue weighted by molar-refractivity contribution is 0.0601. The van der Waals surface area contributed by atoms with Crippen molar-refractivity contribution in [3.63, 3.8) is 0 Å². The van der Waals surface area contributed by atoms with E-state index in [0.717, 1.165) is 12.1 Å². The zero-order chi connectivity index (χ0) is 14.5. The van der Waals surface area contributed by atoms with Crippen LogP contribution in [0.4, 0.5) is 11.4 Å². The van der Waals surface area contributed by atoms with Gasteiger partial charge in [0.25, 0.3) is 0 Å². The van der Waals surface area contributed by atoms with Crippen molar-refractivity contribution in [1.82, 2.24) is 0 Å². The number of methoxy groups -OCH3 is 1. The molecule has 0 spiro atoms. The minimum atomic E-state index is -0.332. The fraction of sp³-hybridized carbons (Fsp3) is 0.562. The largest absolute Gasteiger partial charge is 0.465 e. The number of nitrogens with one attached hydrogen (secondary N) is 1. The van der Waals surface area contributed by atoms with Crippen LogP contribution in [0.15, 0.2) is 18.2 Å². The van der Waals surface area contributed by atoms with Crippen molar-refractivity contribution in [3.05, 3.63) is 23.8 Å². The van der Waals surface area contributed by atoms with E-state index in [1.54, 1.807) is 18.2 Å². The number of hydrogen-bond acceptors (Lipinski definition) is 4. The van der Waals surface area contributed by atoms with Crippen LogP contribution in [-0.2, 0) is 4.74 Å². The second kappa shape index (κ2) is 6.64. The summed E-state index contributed by atoms with van der Waals surface area (Å²) in [5.41, 5.74) is 8.07. The molecule has 2 rings (SSSR count). The number of benzene rings is 1. The van der Waals surface area contributed by atoms with Crippen LogP contribution >= 0.6 is 0 Å². The summed E-state index contributed by atoms with van der Waals surface area (Å²) >= 11 is 0. The second-order valence-corrected chi connectivity index (χ2v) is 5.66. The fourth-order valence-electron chi connectivity index (χ4n) is 2.83. The molecule has 1 aromatic rings. The first kappa shape index (κ1) is 14.7. The third-order valence-electron chi connectivity index (χ3n) is 4.18. The lowest BCUT2D eigenvalue weighted by Gasteiger charge is -2.25. The molecule has 0 heterocycles. The van der Waals surface area contributed by atoms with Crippen LogP contribution in [-0.4, -0.2) is 19.1 Å². The number of esters is 1. The lowest BCUT2D eigenvalue weighted by atomic mass is 9.96. The maximum Gasteiger partial charge on any atom is 0.337 e.